The van der Waals surface area contributed by atoms with Gasteiger partial charge >= 0.3 is 0 Å². The van der Waals surface area contributed by atoms with Gasteiger partial charge in [-0.15, -0.1) is 0 Å². The van der Waals surface area contributed by atoms with E-state index >= 15 is 0 Å². The van der Waals surface area contributed by atoms with Crippen LogP contribution in [-0.4, -0.2) is 22.9 Å². The summed E-state index contributed by atoms with van der Waals surface area (Å²) in [5.41, 5.74) is -0.0608. The van der Waals surface area contributed by atoms with Crippen molar-refractivity contribution in [2.24, 2.45) is 0 Å². The van der Waals surface area contributed by atoms with E-state index in [-0.39, 0.29) is 17.8 Å². The van der Waals surface area contributed by atoms with E-state index in [1.807, 2.05) is 0 Å². The van der Waals surface area contributed by atoms with Crippen LogP contribution >= 0.6 is 0 Å². The summed E-state index contributed by atoms with van der Waals surface area (Å²) in [6.45, 7) is 6.16. The van der Waals surface area contributed by atoms with Gasteiger partial charge in [0.15, 0.2) is 0 Å². The van der Waals surface area contributed by atoms with Crippen molar-refractivity contribution in [1.82, 2.24) is 0 Å². The minimum Gasteiger partial charge on any atom is -0.393 e. The van der Waals surface area contributed by atoms with Gasteiger partial charge in [-0.3, -0.25) is 0 Å². The van der Waals surface area contributed by atoms with Gasteiger partial charge in [0.1, 0.15) is 0 Å². The van der Waals surface area contributed by atoms with E-state index in [0.29, 0.717) is 0 Å². The van der Waals surface area contributed by atoms with Gasteiger partial charge in [-0.1, -0.05) is 0 Å². The van der Waals surface area contributed by atoms with E-state index in [0.717, 1.165) is 19.3 Å². The maximum atomic E-state index is 9.22. The van der Waals surface area contributed by atoms with Gasteiger partial charge in [0.2, 0.25) is 0 Å². The molecular formula is C9H18O2. The van der Waals surface area contributed by atoms with E-state index < -0.39 is 0 Å². The molecule has 11 heavy (non-hydrogen) atoms. The lowest BCUT2D eigenvalue weighted by molar-refractivity contribution is -0.0597. The first-order chi connectivity index (χ1) is 4.97. The van der Waals surface area contributed by atoms with Crippen LogP contribution in [0.1, 0.15) is 40.0 Å². The molecule has 1 fully saturated rings. The van der Waals surface area contributed by atoms with Crippen LogP contribution in [-0.2, 0) is 4.74 Å². The average Bonchev–Trinajstić information content (AvgIpc) is 2.10. The molecule has 1 aliphatic rings. The Morgan fingerprint density at radius 3 is 2.27 bits per heavy atom. The van der Waals surface area contributed by atoms with Crippen molar-refractivity contribution in [2.75, 3.05) is 0 Å². The van der Waals surface area contributed by atoms with Crippen molar-refractivity contribution >= 4 is 0 Å². The minimum atomic E-state index is -0.123. The molecule has 0 amide bonds. The summed E-state index contributed by atoms with van der Waals surface area (Å²) >= 11 is 0. The molecule has 0 aromatic rings. The van der Waals surface area contributed by atoms with Crippen LogP contribution in [0.2, 0.25) is 0 Å². The van der Waals surface area contributed by atoms with Gasteiger partial charge in [-0.25, -0.2) is 0 Å². The van der Waals surface area contributed by atoms with Crippen LogP contribution in [0.15, 0.2) is 0 Å². The minimum absolute atomic E-state index is 0.0608. The van der Waals surface area contributed by atoms with Crippen molar-refractivity contribution < 1.29 is 9.84 Å². The van der Waals surface area contributed by atoms with Crippen molar-refractivity contribution in [3.63, 3.8) is 0 Å². The zero-order valence-corrected chi connectivity index (χ0v) is 7.63. The van der Waals surface area contributed by atoms with E-state index in [2.05, 4.69) is 20.8 Å². The highest BCUT2D eigenvalue weighted by atomic mass is 16.5. The Balaban J connectivity index is 2.29. The largest absolute Gasteiger partial charge is 0.393 e. The molecule has 0 aromatic carbocycles. The van der Waals surface area contributed by atoms with Crippen LogP contribution in [0, 0.1) is 0 Å². The highest BCUT2D eigenvalue weighted by Crippen LogP contribution is 2.25. The Hall–Kier alpha value is -0.0800. The Labute approximate surface area is 68.6 Å². The van der Waals surface area contributed by atoms with Gasteiger partial charge in [0, 0.05) is 0 Å². The van der Waals surface area contributed by atoms with Crippen molar-refractivity contribution in [3.05, 3.63) is 0 Å². The van der Waals surface area contributed by atoms with Crippen molar-refractivity contribution in [1.29, 1.82) is 0 Å². The van der Waals surface area contributed by atoms with E-state index in [1.54, 1.807) is 0 Å². The zero-order chi connectivity index (χ0) is 8.48. The molecule has 1 aliphatic carbocycles. The average molecular weight is 158 g/mol. The maximum absolute atomic E-state index is 9.22. The number of hydrogen-bond acceptors (Lipinski definition) is 2. The summed E-state index contributed by atoms with van der Waals surface area (Å²) in [6, 6.07) is 0. The van der Waals surface area contributed by atoms with E-state index in [9.17, 15) is 5.11 Å². The summed E-state index contributed by atoms with van der Waals surface area (Å²) in [6.07, 6.45) is 2.89. The zero-order valence-electron chi connectivity index (χ0n) is 7.63. The SMILES string of the molecule is CC(C)(C)O[C@H]1CC[C@H](O)C1. The Morgan fingerprint density at radius 2 is 1.91 bits per heavy atom. The Morgan fingerprint density at radius 1 is 1.27 bits per heavy atom. The molecule has 1 saturated carbocycles. The van der Waals surface area contributed by atoms with Gasteiger partial charge < -0.3 is 9.84 Å². The molecule has 0 aliphatic heterocycles. The smallest absolute Gasteiger partial charge is 0.0607 e. The molecule has 0 unspecified atom stereocenters. The number of rotatable bonds is 1. The van der Waals surface area contributed by atoms with Crippen LogP contribution in [0.25, 0.3) is 0 Å². The molecule has 66 valence electrons. The first-order valence-corrected chi connectivity index (χ1v) is 4.33. The molecule has 2 nitrogen and oxygen atoms in total. The van der Waals surface area contributed by atoms with Gasteiger partial charge in [-0.2, -0.15) is 0 Å². The Kier molecular flexibility index (Phi) is 2.55. The number of aliphatic hydroxyl groups excluding tert-OH is 1. The number of ether oxygens (including phenoxy) is 1. The topological polar surface area (TPSA) is 29.5 Å². The molecule has 2 atom stereocenters. The second kappa shape index (κ2) is 3.11. The molecule has 0 aromatic heterocycles. The molecule has 1 N–H and O–H groups in total. The molecule has 0 saturated heterocycles. The summed E-state index contributed by atoms with van der Waals surface area (Å²) in [4.78, 5) is 0. The van der Waals surface area contributed by atoms with Crippen molar-refractivity contribution in [3.8, 4) is 0 Å². The monoisotopic (exact) mass is 158 g/mol. The summed E-state index contributed by atoms with van der Waals surface area (Å²) in [5, 5.41) is 9.22. The molecular weight excluding hydrogens is 140 g/mol. The fourth-order valence-electron chi connectivity index (χ4n) is 1.52. The summed E-state index contributed by atoms with van der Waals surface area (Å²) < 4.78 is 5.71. The van der Waals surface area contributed by atoms with Crippen LogP contribution in [0.5, 0.6) is 0 Å². The normalized spacial score (nSPS) is 32.7. The number of aliphatic hydroxyl groups is 1. The molecule has 1 rings (SSSR count). The van der Waals surface area contributed by atoms with E-state index in [1.165, 1.54) is 0 Å². The molecule has 0 heterocycles. The van der Waals surface area contributed by atoms with Crippen molar-refractivity contribution in [2.45, 2.75) is 57.8 Å². The second-order valence-electron chi connectivity index (χ2n) is 4.32. The molecule has 0 radical (unpaired) electrons. The molecule has 2 heteroatoms. The second-order valence-corrected chi connectivity index (χ2v) is 4.32. The lowest BCUT2D eigenvalue weighted by atomic mass is 10.1. The molecule has 0 spiro atoms. The lowest BCUT2D eigenvalue weighted by Crippen LogP contribution is -2.26. The Bertz CT molecular complexity index is 126. The van der Waals surface area contributed by atoms with Gasteiger partial charge in [-0.05, 0) is 40.0 Å². The van der Waals surface area contributed by atoms with Gasteiger partial charge in [0.25, 0.3) is 0 Å². The fourth-order valence-corrected chi connectivity index (χ4v) is 1.52. The third kappa shape index (κ3) is 3.21. The predicted molar refractivity (Wildman–Crippen MR) is 44.5 cm³/mol. The summed E-state index contributed by atoms with van der Waals surface area (Å²) in [5.74, 6) is 0. The third-order valence-corrected chi connectivity index (χ3v) is 1.88. The van der Waals surface area contributed by atoms with E-state index in [4.69, 9.17) is 4.74 Å². The molecule has 0 bridgehead atoms. The third-order valence-electron chi connectivity index (χ3n) is 1.88. The summed E-state index contributed by atoms with van der Waals surface area (Å²) in [7, 11) is 0. The maximum Gasteiger partial charge on any atom is 0.0607 e. The van der Waals surface area contributed by atoms with Crippen LogP contribution < -0.4 is 0 Å². The van der Waals surface area contributed by atoms with Crippen LogP contribution in [0.4, 0.5) is 0 Å². The standard InChI is InChI=1S/C9H18O2/c1-9(2,3)11-8-5-4-7(10)6-8/h7-8,10H,4-6H2,1-3H3/t7-,8-/m0/s1. The fraction of sp³-hybridized carbons (Fsp3) is 1.00. The predicted octanol–water partition coefficient (Wildman–Crippen LogP) is 1.71. The quantitative estimate of drug-likeness (QED) is 0.629. The highest BCUT2D eigenvalue weighted by Gasteiger charge is 2.26. The van der Waals surface area contributed by atoms with Crippen LogP contribution in [0.3, 0.4) is 0 Å². The first kappa shape index (κ1) is 9.01. The van der Waals surface area contributed by atoms with Gasteiger partial charge in [0.05, 0.1) is 17.8 Å². The number of hydrogen-bond donors (Lipinski definition) is 1. The lowest BCUT2D eigenvalue weighted by Gasteiger charge is -2.24. The highest BCUT2D eigenvalue weighted by molar-refractivity contribution is 4.77. The first-order valence-electron chi connectivity index (χ1n) is 4.33.